The Morgan fingerprint density at radius 1 is 1.32 bits per heavy atom. The second kappa shape index (κ2) is 6.36. The normalized spacial score (nSPS) is 25.9. The van der Waals surface area contributed by atoms with Crippen LogP contribution in [0, 0.1) is 5.41 Å². The molecule has 1 spiro atoms. The number of carbonyl (C=O) groups is 1. The van der Waals surface area contributed by atoms with E-state index in [2.05, 4.69) is 0 Å². The summed E-state index contributed by atoms with van der Waals surface area (Å²) in [6, 6.07) is 4.88. The van der Waals surface area contributed by atoms with Crippen molar-refractivity contribution in [1.82, 2.24) is 4.90 Å². The number of aliphatic hydroxyl groups is 1. The number of carbonyl (C=O) groups excluding carboxylic acids is 1. The standard InChI is InChI=1S/C16H19Cl2NO3/c17-12-5-11(6-13(18)7-12)14(20)8-15(21)19-3-1-16(9-19)2-4-22-10-16/h5-7,14,20H,1-4,8-10H2. The van der Waals surface area contributed by atoms with E-state index >= 15 is 0 Å². The summed E-state index contributed by atoms with van der Waals surface area (Å²) in [4.78, 5) is 14.2. The van der Waals surface area contributed by atoms with Crippen LogP contribution >= 0.6 is 23.2 Å². The third-order valence-electron chi connectivity index (χ3n) is 4.61. The molecule has 2 unspecified atom stereocenters. The van der Waals surface area contributed by atoms with Crippen molar-refractivity contribution >= 4 is 29.1 Å². The number of amides is 1. The Morgan fingerprint density at radius 2 is 2.05 bits per heavy atom. The molecule has 0 saturated carbocycles. The molecule has 120 valence electrons. The Hall–Kier alpha value is -0.810. The molecule has 22 heavy (non-hydrogen) atoms. The van der Waals surface area contributed by atoms with Crippen LogP contribution in [0.15, 0.2) is 18.2 Å². The van der Waals surface area contributed by atoms with Gasteiger partial charge in [-0.25, -0.2) is 0 Å². The Bertz CT molecular complexity index is 552. The van der Waals surface area contributed by atoms with Crippen LogP contribution in [0.2, 0.25) is 10.0 Å². The van der Waals surface area contributed by atoms with Gasteiger partial charge in [0.15, 0.2) is 0 Å². The number of likely N-dealkylation sites (tertiary alicyclic amines) is 1. The number of ether oxygens (including phenoxy) is 1. The molecule has 1 N–H and O–H groups in total. The van der Waals surface area contributed by atoms with E-state index in [4.69, 9.17) is 27.9 Å². The third kappa shape index (κ3) is 3.40. The maximum Gasteiger partial charge on any atom is 0.225 e. The molecule has 1 amide bonds. The van der Waals surface area contributed by atoms with E-state index in [-0.39, 0.29) is 17.7 Å². The number of hydrogen-bond acceptors (Lipinski definition) is 3. The highest BCUT2D eigenvalue weighted by Gasteiger charge is 2.42. The Labute approximate surface area is 140 Å². The van der Waals surface area contributed by atoms with Gasteiger partial charge in [-0.1, -0.05) is 23.2 Å². The number of hydrogen-bond donors (Lipinski definition) is 1. The second-order valence-electron chi connectivity index (χ2n) is 6.29. The summed E-state index contributed by atoms with van der Waals surface area (Å²) >= 11 is 11.9. The van der Waals surface area contributed by atoms with Crippen LogP contribution in [-0.4, -0.2) is 42.2 Å². The number of benzene rings is 1. The summed E-state index contributed by atoms with van der Waals surface area (Å²) in [6.07, 6.45) is 1.16. The fraction of sp³-hybridized carbons (Fsp3) is 0.562. The van der Waals surface area contributed by atoms with Crippen LogP contribution in [0.25, 0.3) is 0 Å². The summed E-state index contributed by atoms with van der Waals surface area (Å²) in [5, 5.41) is 11.2. The van der Waals surface area contributed by atoms with Crippen LogP contribution in [0.3, 0.4) is 0 Å². The zero-order chi connectivity index (χ0) is 15.7. The van der Waals surface area contributed by atoms with Gasteiger partial charge in [-0.2, -0.15) is 0 Å². The average Bonchev–Trinajstić information content (AvgIpc) is 3.08. The number of halogens is 2. The zero-order valence-electron chi connectivity index (χ0n) is 12.2. The lowest BCUT2D eigenvalue weighted by molar-refractivity contribution is -0.132. The molecular weight excluding hydrogens is 325 g/mol. The van der Waals surface area contributed by atoms with Gasteiger partial charge in [0.1, 0.15) is 0 Å². The van der Waals surface area contributed by atoms with Gasteiger partial charge in [0.05, 0.1) is 19.1 Å². The average molecular weight is 344 g/mol. The van der Waals surface area contributed by atoms with E-state index in [9.17, 15) is 9.90 Å². The van der Waals surface area contributed by atoms with Crippen molar-refractivity contribution in [3.8, 4) is 0 Å². The first-order chi connectivity index (χ1) is 10.5. The molecule has 0 aliphatic carbocycles. The molecule has 2 atom stereocenters. The smallest absolute Gasteiger partial charge is 0.225 e. The maximum atomic E-state index is 12.4. The molecule has 2 saturated heterocycles. The molecular formula is C16H19Cl2NO3. The molecule has 2 aliphatic rings. The lowest BCUT2D eigenvalue weighted by Gasteiger charge is -2.23. The van der Waals surface area contributed by atoms with E-state index in [1.54, 1.807) is 18.2 Å². The van der Waals surface area contributed by atoms with Crippen LogP contribution < -0.4 is 0 Å². The molecule has 6 heteroatoms. The topological polar surface area (TPSA) is 49.8 Å². The summed E-state index contributed by atoms with van der Waals surface area (Å²) < 4.78 is 5.47. The van der Waals surface area contributed by atoms with Crippen molar-refractivity contribution in [3.63, 3.8) is 0 Å². The number of aliphatic hydroxyl groups excluding tert-OH is 1. The van der Waals surface area contributed by atoms with E-state index in [1.165, 1.54) is 0 Å². The third-order valence-corrected chi connectivity index (χ3v) is 5.05. The maximum absolute atomic E-state index is 12.4. The Balaban J connectivity index is 1.62. The first kappa shape index (κ1) is 16.1. The van der Waals surface area contributed by atoms with E-state index in [1.807, 2.05) is 4.90 Å². The highest BCUT2D eigenvalue weighted by Crippen LogP contribution is 2.38. The van der Waals surface area contributed by atoms with Gasteiger partial charge >= 0.3 is 0 Å². The van der Waals surface area contributed by atoms with Gasteiger partial charge in [-0.05, 0) is 36.6 Å². The molecule has 2 aliphatic heterocycles. The predicted molar refractivity (Wildman–Crippen MR) is 85.1 cm³/mol. The van der Waals surface area contributed by atoms with Crippen molar-refractivity contribution in [2.24, 2.45) is 5.41 Å². The van der Waals surface area contributed by atoms with Gasteiger partial charge in [-0.3, -0.25) is 4.79 Å². The molecule has 0 radical (unpaired) electrons. The number of nitrogens with zero attached hydrogens (tertiary/aromatic N) is 1. The van der Waals surface area contributed by atoms with Gasteiger partial charge in [0, 0.05) is 35.2 Å². The van der Waals surface area contributed by atoms with Crippen molar-refractivity contribution in [3.05, 3.63) is 33.8 Å². The van der Waals surface area contributed by atoms with Crippen LogP contribution in [0.5, 0.6) is 0 Å². The van der Waals surface area contributed by atoms with Crippen molar-refractivity contribution in [2.75, 3.05) is 26.3 Å². The Morgan fingerprint density at radius 3 is 2.68 bits per heavy atom. The lowest BCUT2D eigenvalue weighted by Crippen LogP contribution is -2.33. The van der Waals surface area contributed by atoms with Crippen LogP contribution in [0.1, 0.15) is 30.9 Å². The van der Waals surface area contributed by atoms with Gasteiger partial charge in [0.25, 0.3) is 0 Å². The summed E-state index contributed by atoms with van der Waals surface area (Å²) in [5.41, 5.74) is 0.712. The highest BCUT2D eigenvalue weighted by molar-refractivity contribution is 6.34. The molecule has 0 aromatic heterocycles. The summed E-state index contributed by atoms with van der Waals surface area (Å²) in [5.74, 6) is -0.0348. The second-order valence-corrected chi connectivity index (χ2v) is 7.16. The zero-order valence-corrected chi connectivity index (χ0v) is 13.7. The van der Waals surface area contributed by atoms with Crippen molar-refractivity contribution in [1.29, 1.82) is 0 Å². The highest BCUT2D eigenvalue weighted by atomic mass is 35.5. The van der Waals surface area contributed by atoms with Crippen molar-refractivity contribution in [2.45, 2.75) is 25.4 Å². The fourth-order valence-corrected chi connectivity index (χ4v) is 3.84. The SMILES string of the molecule is O=C(CC(O)c1cc(Cl)cc(Cl)c1)N1CCC2(CCOC2)C1. The molecule has 2 fully saturated rings. The molecule has 1 aromatic carbocycles. The molecule has 2 heterocycles. The van der Waals surface area contributed by atoms with E-state index < -0.39 is 6.10 Å². The predicted octanol–water partition coefficient (Wildman–Crippen LogP) is 3.06. The first-order valence-electron chi connectivity index (χ1n) is 7.47. The summed E-state index contributed by atoms with van der Waals surface area (Å²) in [7, 11) is 0. The van der Waals surface area contributed by atoms with Gasteiger partial charge in [-0.15, -0.1) is 0 Å². The molecule has 0 bridgehead atoms. The minimum atomic E-state index is -0.889. The van der Waals surface area contributed by atoms with Crippen LogP contribution in [-0.2, 0) is 9.53 Å². The Kier molecular flexibility index (Phi) is 4.64. The summed E-state index contributed by atoms with van der Waals surface area (Å²) in [6.45, 7) is 3.00. The minimum Gasteiger partial charge on any atom is -0.388 e. The van der Waals surface area contributed by atoms with Gasteiger partial charge in [0.2, 0.25) is 5.91 Å². The largest absolute Gasteiger partial charge is 0.388 e. The fourth-order valence-electron chi connectivity index (χ4n) is 3.30. The number of rotatable bonds is 3. The monoisotopic (exact) mass is 343 g/mol. The van der Waals surface area contributed by atoms with Crippen LogP contribution in [0.4, 0.5) is 0 Å². The quantitative estimate of drug-likeness (QED) is 0.917. The molecule has 1 aromatic rings. The van der Waals surface area contributed by atoms with Gasteiger partial charge < -0.3 is 14.7 Å². The first-order valence-corrected chi connectivity index (χ1v) is 8.23. The van der Waals surface area contributed by atoms with Crippen molar-refractivity contribution < 1.29 is 14.6 Å². The van der Waals surface area contributed by atoms with E-state index in [0.717, 1.165) is 39.1 Å². The molecule has 4 nitrogen and oxygen atoms in total. The van der Waals surface area contributed by atoms with E-state index in [0.29, 0.717) is 15.6 Å². The minimum absolute atomic E-state index is 0.0348. The molecule has 3 rings (SSSR count). The lowest BCUT2D eigenvalue weighted by atomic mass is 9.87.